The van der Waals surface area contributed by atoms with Gasteiger partial charge >= 0.3 is 0 Å². The number of carbonyl (C=O) groups excluding carboxylic acids is 1. The van der Waals surface area contributed by atoms with E-state index in [1.54, 1.807) is 4.90 Å². The van der Waals surface area contributed by atoms with Crippen molar-refractivity contribution in [3.05, 3.63) is 60.4 Å². The molecule has 1 fully saturated rings. The zero-order valence-electron chi connectivity index (χ0n) is 12.9. The van der Waals surface area contributed by atoms with Gasteiger partial charge in [0.05, 0.1) is 4.90 Å². The molecular weight excluding hydrogens is 331 g/mol. The second-order valence-corrected chi connectivity index (χ2v) is 7.43. The van der Waals surface area contributed by atoms with E-state index in [1.165, 1.54) is 16.4 Å². The van der Waals surface area contributed by atoms with Crippen molar-refractivity contribution in [2.45, 2.75) is 11.3 Å². The Hall–Kier alpha value is -2.25. The number of para-hydroxylation sites is 1. The van der Waals surface area contributed by atoms with Crippen molar-refractivity contribution < 1.29 is 17.6 Å². The smallest absolute Gasteiger partial charge is 0.243 e. The molecule has 0 radical (unpaired) electrons. The van der Waals surface area contributed by atoms with E-state index in [0.29, 0.717) is 0 Å². The summed E-state index contributed by atoms with van der Waals surface area (Å²) in [5.41, 5.74) is 0.753. The van der Waals surface area contributed by atoms with Crippen LogP contribution in [0.5, 0.6) is 0 Å². The van der Waals surface area contributed by atoms with Crippen LogP contribution in [0.2, 0.25) is 0 Å². The monoisotopic (exact) mass is 348 g/mol. The van der Waals surface area contributed by atoms with E-state index in [9.17, 15) is 17.6 Å². The van der Waals surface area contributed by atoms with Gasteiger partial charge in [0.25, 0.3) is 0 Å². The fourth-order valence-electron chi connectivity index (χ4n) is 2.68. The number of anilines is 1. The van der Waals surface area contributed by atoms with E-state index in [-0.39, 0.29) is 36.9 Å². The van der Waals surface area contributed by atoms with Crippen LogP contribution in [0.25, 0.3) is 0 Å². The molecule has 24 heavy (non-hydrogen) atoms. The molecule has 0 spiro atoms. The van der Waals surface area contributed by atoms with Crippen molar-refractivity contribution in [1.82, 2.24) is 4.31 Å². The van der Waals surface area contributed by atoms with E-state index in [2.05, 4.69) is 0 Å². The highest BCUT2D eigenvalue weighted by molar-refractivity contribution is 7.89. The first kappa shape index (κ1) is 16.6. The molecule has 1 amide bonds. The minimum Gasteiger partial charge on any atom is -0.311 e. The lowest BCUT2D eigenvalue weighted by atomic mass is 10.2. The van der Waals surface area contributed by atoms with Crippen molar-refractivity contribution in [1.29, 1.82) is 0 Å². The Morgan fingerprint density at radius 2 is 1.54 bits per heavy atom. The molecule has 0 aliphatic carbocycles. The van der Waals surface area contributed by atoms with Crippen LogP contribution in [0.3, 0.4) is 0 Å². The molecular formula is C17H17FN2O3S. The second-order valence-electron chi connectivity index (χ2n) is 5.49. The molecule has 0 bridgehead atoms. The number of hydrogen-bond donors (Lipinski definition) is 0. The Labute approximate surface area is 140 Å². The summed E-state index contributed by atoms with van der Waals surface area (Å²) in [4.78, 5) is 14.0. The van der Waals surface area contributed by atoms with Gasteiger partial charge in [-0.3, -0.25) is 4.79 Å². The minimum absolute atomic E-state index is 0.0320. The van der Waals surface area contributed by atoms with Crippen molar-refractivity contribution in [2.24, 2.45) is 0 Å². The first-order valence-corrected chi connectivity index (χ1v) is 9.03. The number of halogens is 1. The number of amides is 1. The Morgan fingerprint density at radius 3 is 2.21 bits per heavy atom. The molecule has 0 N–H and O–H groups in total. The molecule has 0 saturated carbocycles. The van der Waals surface area contributed by atoms with Gasteiger partial charge in [-0.15, -0.1) is 0 Å². The first-order valence-electron chi connectivity index (χ1n) is 7.59. The number of benzene rings is 2. The number of hydrogen-bond acceptors (Lipinski definition) is 3. The topological polar surface area (TPSA) is 57.7 Å². The summed E-state index contributed by atoms with van der Waals surface area (Å²) in [7, 11) is -3.74. The predicted octanol–water partition coefficient (Wildman–Crippen LogP) is 2.25. The maximum absolute atomic E-state index is 13.0. The molecule has 2 aromatic rings. The summed E-state index contributed by atoms with van der Waals surface area (Å²) in [6.45, 7) is 0.589. The van der Waals surface area contributed by atoms with Gasteiger partial charge in [-0.05, 0) is 36.4 Å². The lowest BCUT2D eigenvalue weighted by Crippen LogP contribution is -2.35. The summed E-state index contributed by atoms with van der Waals surface area (Å²) >= 11 is 0. The van der Waals surface area contributed by atoms with Gasteiger partial charge < -0.3 is 4.90 Å². The number of sulfonamides is 1. The molecule has 2 aromatic carbocycles. The summed E-state index contributed by atoms with van der Waals surface area (Å²) in [5, 5.41) is 0. The molecule has 1 saturated heterocycles. The van der Waals surface area contributed by atoms with Crippen LogP contribution < -0.4 is 4.90 Å². The van der Waals surface area contributed by atoms with Gasteiger partial charge in [-0.2, -0.15) is 4.31 Å². The second kappa shape index (κ2) is 6.70. The summed E-state index contributed by atoms with van der Waals surface area (Å²) < 4.78 is 39.6. The van der Waals surface area contributed by atoms with Crippen LogP contribution in [-0.4, -0.2) is 38.3 Å². The van der Waals surface area contributed by atoms with Crippen LogP contribution in [-0.2, 0) is 14.8 Å². The molecule has 5 nitrogen and oxygen atoms in total. The molecule has 126 valence electrons. The maximum Gasteiger partial charge on any atom is 0.243 e. The summed E-state index contributed by atoms with van der Waals surface area (Å²) in [6.07, 6.45) is 0.106. The molecule has 0 atom stereocenters. The van der Waals surface area contributed by atoms with Crippen LogP contribution in [0.15, 0.2) is 59.5 Å². The molecule has 3 rings (SSSR count). The molecule has 1 aliphatic heterocycles. The SMILES string of the molecule is O=C1CCN(S(=O)(=O)c2ccc(F)cc2)CCN1c1ccccc1. The molecule has 0 unspecified atom stereocenters. The standard InChI is InChI=1S/C17H17FN2O3S/c18-14-6-8-16(9-7-14)24(22,23)19-11-10-17(21)20(13-12-19)15-4-2-1-3-5-15/h1-9H,10-13H2. The first-order chi connectivity index (χ1) is 11.5. The maximum atomic E-state index is 13.0. The lowest BCUT2D eigenvalue weighted by Gasteiger charge is -2.22. The molecule has 1 heterocycles. The van der Waals surface area contributed by atoms with Crippen LogP contribution in [0.4, 0.5) is 10.1 Å². The van der Waals surface area contributed by atoms with Crippen molar-refractivity contribution in [3.63, 3.8) is 0 Å². The minimum atomic E-state index is -3.74. The molecule has 1 aliphatic rings. The third-order valence-corrected chi connectivity index (χ3v) is 5.88. The van der Waals surface area contributed by atoms with E-state index < -0.39 is 15.8 Å². The summed E-state index contributed by atoms with van der Waals surface area (Å²) in [6, 6.07) is 13.9. The average molecular weight is 348 g/mol. The highest BCUT2D eigenvalue weighted by Gasteiger charge is 2.30. The Balaban J connectivity index is 1.82. The average Bonchev–Trinajstić information content (AvgIpc) is 2.78. The highest BCUT2D eigenvalue weighted by atomic mass is 32.2. The van der Waals surface area contributed by atoms with Crippen LogP contribution >= 0.6 is 0 Å². The van der Waals surface area contributed by atoms with E-state index in [1.807, 2.05) is 30.3 Å². The van der Waals surface area contributed by atoms with E-state index >= 15 is 0 Å². The highest BCUT2D eigenvalue weighted by Crippen LogP contribution is 2.21. The third-order valence-electron chi connectivity index (χ3n) is 3.97. The number of rotatable bonds is 3. The van der Waals surface area contributed by atoms with Crippen molar-refractivity contribution in [3.8, 4) is 0 Å². The van der Waals surface area contributed by atoms with Gasteiger partial charge in [0.15, 0.2) is 0 Å². The summed E-state index contributed by atoms with van der Waals surface area (Å²) in [5.74, 6) is -0.603. The zero-order valence-corrected chi connectivity index (χ0v) is 13.7. The molecule has 0 aromatic heterocycles. The van der Waals surface area contributed by atoms with Crippen LogP contribution in [0.1, 0.15) is 6.42 Å². The van der Waals surface area contributed by atoms with Gasteiger partial charge in [0.2, 0.25) is 15.9 Å². The lowest BCUT2D eigenvalue weighted by molar-refractivity contribution is -0.118. The fraction of sp³-hybridized carbons (Fsp3) is 0.235. The van der Waals surface area contributed by atoms with Gasteiger partial charge in [0, 0.05) is 31.7 Å². The number of nitrogens with zero attached hydrogens (tertiary/aromatic N) is 2. The Morgan fingerprint density at radius 1 is 0.875 bits per heavy atom. The van der Waals surface area contributed by atoms with Crippen molar-refractivity contribution in [2.75, 3.05) is 24.5 Å². The fourth-order valence-corrected chi connectivity index (χ4v) is 4.11. The third kappa shape index (κ3) is 3.32. The van der Waals surface area contributed by atoms with Gasteiger partial charge in [-0.25, -0.2) is 12.8 Å². The van der Waals surface area contributed by atoms with E-state index in [0.717, 1.165) is 17.8 Å². The van der Waals surface area contributed by atoms with E-state index in [4.69, 9.17) is 0 Å². The Kier molecular flexibility index (Phi) is 4.64. The normalized spacial score (nSPS) is 16.9. The molecule has 7 heteroatoms. The van der Waals surface area contributed by atoms with Gasteiger partial charge in [0.1, 0.15) is 5.82 Å². The van der Waals surface area contributed by atoms with Crippen LogP contribution in [0, 0.1) is 5.82 Å². The zero-order chi connectivity index (χ0) is 17.2. The predicted molar refractivity (Wildman–Crippen MR) is 88.6 cm³/mol. The largest absolute Gasteiger partial charge is 0.311 e. The van der Waals surface area contributed by atoms with Gasteiger partial charge in [-0.1, -0.05) is 18.2 Å². The quantitative estimate of drug-likeness (QED) is 0.855. The Bertz CT molecular complexity index is 823. The number of carbonyl (C=O) groups is 1. The van der Waals surface area contributed by atoms with Crippen molar-refractivity contribution >= 4 is 21.6 Å².